The number of hydrogen-bond acceptors (Lipinski definition) is 3. The van der Waals surface area contributed by atoms with Gasteiger partial charge in [-0.1, -0.05) is 24.3 Å². The van der Waals surface area contributed by atoms with Gasteiger partial charge in [0.15, 0.2) is 0 Å². The highest BCUT2D eigenvalue weighted by molar-refractivity contribution is 5.24. The summed E-state index contributed by atoms with van der Waals surface area (Å²) in [6.45, 7) is 1.05. The predicted octanol–water partition coefficient (Wildman–Crippen LogP) is 2.80. The normalized spacial score (nSPS) is 24.0. The minimum Gasteiger partial charge on any atom is -0.396 e. The van der Waals surface area contributed by atoms with Crippen LogP contribution in [0, 0.1) is 11.8 Å². The van der Waals surface area contributed by atoms with Gasteiger partial charge in [0.2, 0.25) is 0 Å². The quantitative estimate of drug-likeness (QED) is 0.677. The van der Waals surface area contributed by atoms with Crippen LogP contribution in [0.5, 0.6) is 0 Å². The number of hydrogen-bond donors (Lipinski definition) is 3. The first-order chi connectivity index (χ1) is 10.2. The van der Waals surface area contributed by atoms with Crippen LogP contribution in [0.4, 0.5) is 0 Å². The molecule has 0 saturated heterocycles. The second-order valence-electron chi connectivity index (χ2n) is 6.38. The van der Waals surface area contributed by atoms with E-state index in [9.17, 15) is 5.11 Å². The predicted molar refractivity (Wildman–Crippen MR) is 85.9 cm³/mol. The van der Waals surface area contributed by atoms with Crippen molar-refractivity contribution in [2.75, 3.05) is 13.2 Å². The fraction of sp³-hybridized carbons (Fsp3) is 0.667. The third-order valence-corrected chi connectivity index (χ3v) is 4.87. The lowest BCUT2D eigenvalue weighted by molar-refractivity contribution is 0.0744. The van der Waals surface area contributed by atoms with E-state index >= 15 is 0 Å². The highest BCUT2D eigenvalue weighted by Gasteiger charge is 2.26. The summed E-state index contributed by atoms with van der Waals surface area (Å²) in [6.07, 6.45) is 7.00. The molecule has 0 amide bonds. The molecule has 1 atom stereocenters. The van der Waals surface area contributed by atoms with Crippen LogP contribution >= 0.6 is 0 Å². The molecule has 118 valence electrons. The molecule has 1 aliphatic rings. The molecule has 0 aromatic heterocycles. The Hall–Kier alpha value is -0.900. The maximum Gasteiger partial charge on any atom is 0.0818 e. The second kappa shape index (κ2) is 8.52. The van der Waals surface area contributed by atoms with Crippen LogP contribution < -0.4 is 5.73 Å². The van der Waals surface area contributed by atoms with Crippen LogP contribution in [0.15, 0.2) is 24.3 Å². The van der Waals surface area contributed by atoms with Crippen molar-refractivity contribution >= 4 is 0 Å². The van der Waals surface area contributed by atoms with Crippen molar-refractivity contribution in [3.05, 3.63) is 35.4 Å². The minimum atomic E-state index is -0.338. The summed E-state index contributed by atoms with van der Waals surface area (Å²) < 4.78 is 0. The zero-order valence-corrected chi connectivity index (χ0v) is 12.9. The van der Waals surface area contributed by atoms with E-state index in [-0.39, 0.29) is 12.7 Å². The SMILES string of the molecule is NCC1CCC(C(O)c2ccc(CCCCO)cc2)CC1. The Balaban J connectivity index is 1.86. The van der Waals surface area contributed by atoms with E-state index in [1.54, 1.807) is 0 Å². The topological polar surface area (TPSA) is 66.5 Å². The minimum absolute atomic E-state index is 0.266. The molecular weight excluding hydrogens is 262 g/mol. The number of nitrogens with two attached hydrogens (primary N) is 1. The first-order valence-corrected chi connectivity index (χ1v) is 8.32. The van der Waals surface area contributed by atoms with Crippen LogP contribution in [0.25, 0.3) is 0 Å². The van der Waals surface area contributed by atoms with Gasteiger partial charge in [-0.05, 0) is 74.5 Å². The number of aryl methyl sites for hydroxylation is 1. The van der Waals surface area contributed by atoms with Crippen LogP contribution in [0.3, 0.4) is 0 Å². The van der Waals surface area contributed by atoms with Crippen molar-refractivity contribution in [1.82, 2.24) is 0 Å². The van der Waals surface area contributed by atoms with Crippen molar-refractivity contribution in [3.8, 4) is 0 Å². The molecule has 0 bridgehead atoms. The molecule has 4 N–H and O–H groups in total. The number of rotatable bonds is 7. The van der Waals surface area contributed by atoms with Gasteiger partial charge in [-0.25, -0.2) is 0 Å². The van der Waals surface area contributed by atoms with E-state index in [0.29, 0.717) is 11.8 Å². The van der Waals surface area contributed by atoms with Gasteiger partial charge in [-0.15, -0.1) is 0 Å². The van der Waals surface area contributed by atoms with Crippen LogP contribution in [0.2, 0.25) is 0 Å². The fourth-order valence-electron chi connectivity index (χ4n) is 3.33. The largest absolute Gasteiger partial charge is 0.396 e. The van der Waals surface area contributed by atoms with Gasteiger partial charge in [0.25, 0.3) is 0 Å². The lowest BCUT2D eigenvalue weighted by Gasteiger charge is -2.31. The average Bonchev–Trinajstić information content (AvgIpc) is 2.55. The van der Waals surface area contributed by atoms with E-state index in [2.05, 4.69) is 24.3 Å². The van der Waals surface area contributed by atoms with Crippen molar-refractivity contribution in [2.24, 2.45) is 17.6 Å². The fourth-order valence-corrected chi connectivity index (χ4v) is 3.33. The molecule has 21 heavy (non-hydrogen) atoms. The molecule has 3 heteroatoms. The maximum atomic E-state index is 10.5. The van der Waals surface area contributed by atoms with E-state index < -0.39 is 0 Å². The molecular formula is C18H29NO2. The number of aliphatic hydroxyl groups excluding tert-OH is 2. The first kappa shape index (κ1) is 16.5. The van der Waals surface area contributed by atoms with Crippen molar-refractivity contribution < 1.29 is 10.2 Å². The van der Waals surface area contributed by atoms with Crippen molar-refractivity contribution in [2.45, 2.75) is 51.0 Å². The van der Waals surface area contributed by atoms with Gasteiger partial charge in [-0.2, -0.15) is 0 Å². The number of aliphatic hydroxyl groups is 2. The standard InChI is InChI=1S/C18H29NO2/c19-13-15-6-10-17(11-7-15)18(21)16-8-4-14(5-9-16)3-1-2-12-20/h4-5,8-9,15,17-18,20-21H,1-3,6-7,10-13,19H2. The summed E-state index contributed by atoms with van der Waals surface area (Å²) in [5.41, 5.74) is 8.05. The van der Waals surface area contributed by atoms with E-state index in [1.807, 2.05) is 0 Å². The Morgan fingerprint density at radius 3 is 2.29 bits per heavy atom. The van der Waals surface area contributed by atoms with Gasteiger partial charge in [0, 0.05) is 6.61 Å². The second-order valence-corrected chi connectivity index (χ2v) is 6.38. The Kier molecular flexibility index (Phi) is 6.68. The van der Waals surface area contributed by atoms with Gasteiger partial charge in [0.1, 0.15) is 0 Å². The Labute approximate surface area is 128 Å². The van der Waals surface area contributed by atoms with Crippen LogP contribution in [-0.2, 0) is 6.42 Å². The van der Waals surface area contributed by atoms with Gasteiger partial charge in [-0.3, -0.25) is 0 Å². The molecule has 0 spiro atoms. The molecule has 0 radical (unpaired) electrons. The monoisotopic (exact) mass is 291 g/mol. The third-order valence-electron chi connectivity index (χ3n) is 4.87. The zero-order chi connectivity index (χ0) is 15.1. The Bertz CT molecular complexity index is 396. The molecule has 0 heterocycles. The molecule has 1 fully saturated rings. The molecule has 1 unspecified atom stereocenters. The Morgan fingerprint density at radius 1 is 1.05 bits per heavy atom. The molecule has 1 aromatic rings. The average molecular weight is 291 g/mol. The number of unbranched alkanes of at least 4 members (excludes halogenated alkanes) is 1. The van der Waals surface area contributed by atoms with Gasteiger partial charge < -0.3 is 15.9 Å². The summed E-state index contributed by atoms with van der Waals surface area (Å²) in [6, 6.07) is 8.35. The molecule has 1 aromatic carbocycles. The van der Waals surface area contributed by atoms with Gasteiger partial charge >= 0.3 is 0 Å². The molecule has 2 rings (SSSR count). The van der Waals surface area contributed by atoms with E-state index in [1.165, 1.54) is 5.56 Å². The summed E-state index contributed by atoms with van der Waals surface area (Å²) >= 11 is 0. The summed E-state index contributed by atoms with van der Waals surface area (Å²) in [5, 5.41) is 19.3. The highest BCUT2D eigenvalue weighted by atomic mass is 16.3. The van der Waals surface area contributed by atoms with Gasteiger partial charge in [0.05, 0.1) is 6.10 Å². The molecule has 1 aliphatic carbocycles. The Morgan fingerprint density at radius 2 is 1.71 bits per heavy atom. The smallest absolute Gasteiger partial charge is 0.0818 e. The highest BCUT2D eigenvalue weighted by Crippen LogP contribution is 2.36. The maximum absolute atomic E-state index is 10.5. The van der Waals surface area contributed by atoms with Crippen LogP contribution in [0.1, 0.15) is 55.8 Å². The molecule has 3 nitrogen and oxygen atoms in total. The summed E-state index contributed by atoms with van der Waals surface area (Å²) in [7, 11) is 0. The number of benzene rings is 1. The summed E-state index contributed by atoms with van der Waals surface area (Å²) in [4.78, 5) is 0. The summed E-state index contributed by atoms with van der Waals surface area (Å²) in [5.74, 6) is 1.04. The molecule has 1 saturated carbocycles. The zero-order valence-electron chi connectivity index (χ0n) is 12.9. The van der Waals surface area contributed by atoms with Crippen molar-refractivity contribution in [3.63, 3.8) is 0 Å². The van der Waals surface area contributed by atoms with Crippen LogP contribution in [-0.4, -0.2) is 23.4 Å². The molecule has 0 aliphatic heterocycles. The lowest BCUT2D eigenvalue weighted by Crippen LogP contribution is -2.24. The van der Waals surface area contributed by atoms with Crippen molar-refractivity contribution in [1.29, 1.82) is 0 Å². The third kappa shape index (κ3) is 4.80. The van der Waals surface area contributed by atoms with E-state index in [0.717, 1.165) is 57.1 Å². The first-order valence-electron chi connectivity index (χ1n) is 8.32. The lowest BCUT2D eigenvalue weighted by atomic mass is 9.78. The van der Waals surface area contributed by atoms with E-state index in [4.69, 9.17) is 10.8 Å².